The van der Waals surface area contributed by atoms with Gasteiger partial charge >= 0.3 is 0 Å². The molecule has 0 atom stereocenters. The Morgan fingerprint density at radius 2 is 1.93 bits per heavy atom. The summed E-state index contributed by atoms with van der Waals surface area (Å²) in [5.41, 5.74) is 0.363. The van der Waals surface area contributed by atoms with Gasteiger partial charge in [-0.05, 0) is 35.0 Å². The fourth-order valence-corrected chi connectivity index (χ4v) is 3.37. The Balaban J connectivity index is 1.92. The van der Waals surface area contributed by atoms with Crippen LogP contribution in [0, 0.1) is 10.1 Å². The molecule has 0 saturated carbocycles. The fourth-order valence-electron chi connectivity index (χ4n) is 2.53. The summed E-state index contributed by atoms with van der Waals surface area (Å²) in [5, 5.41) is 22.5. The molecule has 1 aliphatic rings. The van der Waals surface area contributed by atoms with Crippen molar-refractivity contribution in [3.05, 3.63) is 68.6 Å². The van der Waals surface area contributed by atoms with Crippen LogP contribution in [0.5, 0.6) is 11.5 Å². The van der Waals surface area contributed by atoms with Crippen LogP contribution in [0.15, 0.2) is 47.4 Å². The maximum Gasteiger partial charge on any atom is 0.293 e. The average Bonchev–Trinajstić information content (AvgIpc) is 2.91. The Morgan fingerprint density at radius 1 is 1.22 bits per heavy atom. The number of nitrogens with zero attached hydrogens (tertiary/aromatic N) is 2. The van der Waals surface area contributed by atoms with Crippen LogP contribution in [0.4, 0.5) is 10.5 Å². The monoisotopic (exact) mass is 385 g/mol. The summed E-state index contributed by atoms with van der Waals surface area (Å²) < 4.78 is 4.87. The molecule has 0 N–H and O–H groups in total. The van der Waals surface area contributed by atoms with Crippen molar-refractivity contribution in [1.29, 1.82) is 0 Å². The second-order valence-electron chi connectivity index (χ2n) is 5.58. The van der Waals surface area contributed by atoms with Gasteiger partial charge in [-0.15, -0.1) is 0 Å². The zero-order valence-electron chi connectivity index (χ0n) is 14.1. The van der Waals surface area contributed by atoms with E-state index in [2.05, 4.69) is 0 Å². The Morgan fingerprint density at radius 3 is 2.56 bits per heavy atom. The Hall–Kier alpha value is -3.33. The Bertz CT molecular complexity index is 958. The second kappa shape index (κ2) is 7.50. The van der Waals surface area contributed by atoms with E-state index in [1.807, 2.05) is 6.07 Å². The zero-order chi connectivity index (χ0) is 19.6. The van der Waals surface area contributed by atoms with Gasteiger partial charge in [0.05, 0.1) is 23.5 Å². The van der Waals surface area contributed by atoms with Gasteiger partial charge in [0.1, 0.15) is 5.75 Å². The predicted molar refractivity (Wildman–Crippen MR) is 97.1 cm³/mol. The summed E-state index contributed by atoms with van der Waals surface area (Å²) in [4.78, 5) is 36.2. The van der Waals surface area contributed by atoms with Gasteiger partial charge < -0.3 is 9.84 Å². The second-order valence-corrected chi connectivity index (χ2v) is 6.58. The van der Waals surface area contributed by atoms with E-state index in [1.54, 1.807) is 24.3 Å². The lowest BCUT2D eigenvalue weighted by Crippen LogP contribution is -2.27. The molecule has 1 heterocycles. The lowest BCUT2D eigenvalue weighted by Gasteiger charge is -2.13. The maximum atomic E-state index is 12.6. The van der Waals surface area contributed by atoms with Gasteiger partial charge in [-0.3, -0.25) is 24.6 Å². The van der Waals surface area contributed by atoms with Gasteiger partial charge in [-0.25, -0.2) is 0 Å². The van der Waals surface area contributed by atoms with Crippen LogP contribution in [0.3, 0.4) is 0 Å². The normalized spacial score (nSPS) is 15.4. The van der Waals surface area contributed by atoms with Crippen molar-refractivity contribution < 1.29 is 24.4 Å². The first-order valence-electron chi connectivity index (χ1n) is 7.73. The first-order chi connectivity index (χ1) is 12.9. The van der Waals surface area contributed by atoms with Gasteiger partial charge in [-0.1, -0.05) is 30.3 Å². The number of nitro benzene ring substituents is 1. The van der Waals surface area contributed by atoms with Crippen molar-refractivity contribution in [2.45, 2.75) is 6.54 Å². The molecule has 0 spiro atoms. The van der Waals surface area contributed by atoms with Gasteiger partial charge in [0.2, 0.25) is 0 Å². The summed E-state index contributed by atoms with van der Waals surface area (Å²) in [6.45, 7) is 0.131. The minimum atomic E-state index is -0.850. The van der Waals surface area contributed by atoms with Crippen LogP contribution in [0.1, 0.15) is 11.1 Å². The average molecular weight is 385 g/mol. The molecule has 0 aliphatic carbocycles. The van der Waals surface area contributed by atoms with Crippen LogP contribution < -0.4 is 9.84 Å². The van der Waals surface area contributed by atoms with Crippen LogP contribution in [-0.4, -0.2) is 28.1 Å². The third kappa shape index (κ3) is 3.77. The largest absolute Gasteiger partial charge is 0.865 e. The molecule has 8 nitrogen and oxygen atoms in total. The minimum absolute atomic E-state index is 0.117. The van der Waals surface area contributed by atoms with Crippen molar-refractivity contribution >= 4 is 34.7 Å². The topological polar surface area (TPSA) is 113 Å². The van der Waals surface area contributed by atoms with Crippen molar-refractivity contribution in [3.8, 4) is 11.5 Å². The Kier molecular flexibility index (Phi) is 5.13. The molecule has 3 rings (SSSR count). The lowest BCUT2D eigenvalue weighted by molar-refractivity contribution is -0.398. The first-order valence-corrected chi connectivity index (χ1v) is 8.55. The van der Waals surface area contributed by atoms with E-state index < -0.39 is 27.5 Å². The predicted octanol–water partition coefficient (Wildman–Crippen LogP) is 2.91. The molecular formula is C18H13N2O6S-. The highest BCUT2D eigenvalue weighted by Gasteiger charge is 2.35. The van der Waals surface area contributed by atoms with E-state index >= 15 is 0 Å². The number of imide groups is 1. The zero-order valence-corrected chi connectivity index (χ0v) is 14.9. The van der Waals surface area contributed by atoms with Gasteiger partial charge in [0.15, 0.2) is 0 Å². The highest BCUT2D eigenvalue weighted by Crippen LogP contribution is 2.38. The molecule has 138 valence electrons. The highest BCUT2D eigenvalue weighted by atomic mass is 32.2. The molecule has 1 saturated heterocycles. The van der Waals surface area contributed by atoms with Gasteiger partial charge in [-0.2, -0.15) is 0 Å². The SMILES string of the molecule is COc1cc(/C=C2\SC(=O)N(Cc3ccccc3)C2=O)cc([N+](=O)[O-])c1[O-]. The number of thioether (sulfide) groups is 1. The molecular weight excluding hydrogens is 372 g/mol. The van der Waals surface area contributed by atoms with Crippen molar-refractivity contribution in [2.24, 2.45) is 0 Å². The number of methoxy groups -OCH3 is 1. The molecule has 27 heavy (non-hydrogen) atoms. The standard InChI is InChI=1S/C18H14N2O6S/c1-26-14-8-12(7-13(16(14)21)20(24)25)9-15-17(22)19(18(23)27-15)10-11-5-3-2-4-6-11/h2-9,21H,10H2,1H3/p-1/b15-9-. The summed E-state index contributed by atoms with van der Waals surface area (Å²) >= 11 is 0.738. The number of carbonyl (C=O) groups is 2. The summed E-state index contributed by atoms with van der Waals surface area (Å²) in [5.74, 6) is -1.56. The van der Waals surface area contributed by atoms with Crippen LogP contribution in [-0.2, 0) is 11.3 Å². The number of ether oxygens (including phenoxy) is 1. The molecule has 2 aromatic carbocycles. The molecule has 2 amide bonds. The van der Waals surface area contributed by atoms with E-state index in [1.165, 1.54) is 19.3 Å². The molecule has 0 radical (unpaired) electrons. The smallest absolute Gasteiger partial charge is 0.293 e. The molecule has 0 unspecified atom stereocenters. The number of carbonyl (C=O) groups excluding carboxylic acids is 2. The highest BCUT2D eigenvalue weighted by molar-refractivity contribution is 8.18. The molecule has 1 fully saturated rings. The summed E-state index contributed by atoms with van der Waals surface area (Å²) in [7, 11) is 1.22. The van der Waals surface area contributed by atoms with E-state index in [0.717, 1.165) is 28.3 Å². The number of amides is 2. The lowest BCUT2D eigenvalue weighted by atomic mass is 10.1. The van der Waals surface area contributed by atoms with Crippen LogP contribution in [0.25, 0.3) is 6.08 Å². The Labute approximate surface area is 158 Å². The number of benzene rings is 2. The van der Waals surface area contributed by atoms with Crippen molar-refractivity contribution in [2.75, 3.05) is 7.11 Å². The number of hydrogen-bond acceptors (Lipinski definition) is 7. The van der Waals surface area contributed by atoms with E-state index in [-0.39, 0.29) is 22.8 Å². The minimum Gasteiger partial charge on any atom is -0.865 e. The maximum absolute atomic E-state index is 12.6. The summed E-state index contributed by atoms with van der Waals surface area (Å²) in [6, 6.07) is 11.4. The van der Waals surface area contributed by atoms with E-state index in [9.17, 15) is 24.8 Å². The van der Waals surface area contributed by atoms with Crippen molar-refractivity contribution in [3.63, 3.8) is 0 Å². The summed E-state index contributed by atoms with van der Waals surface area (Å²) in [6.07, 6.45) is 1.34. The number of nitro groups is 1. The first kappa shape index (κ1) is 18.5. The molecule has 0 bridgehead atoms. The third-order valence-electron chi connectivity index (χ3n) is 3.83. The third-order valence-corrected chi connectivity index (χ3v) is 4.74. The van der Waals surface area contributed by atoms with Crippen molar-refractivity contribution in [1.82, 2.24) is 4.90 Å². The van der Waals surface area contributed by atoms with Crippen LogP contribution in [0.2, 0.25) is 0 Å². The van der Waals surface area contributed by atoms with E-state index in [0.29, 0.717) is 0 Å². The molecule has 1 aliphatic heterocycles. The van der Waals surface area contributed by atoms with Crippen LogP contribution >= 0.6 is 11.8 Å². The number of hydrogen-bond donors (Lipinski definition) is 0. The fraction of sp³-hybridized carbons (Fsp3) is 0.111. The quantitative estimate of drug-likeness (QED) is 0.442. The molecule has 2 aromatic rings. The molecule has 9 heteroatoms. The van der Waals surface area contributed by atoms with Gasteiger partial charge in [0, 0.05) is 11.8 Å². The van der Waals surface area contributed by atoms with E-state index in [4.69, 9.17) is 4.74 Å². The molecule has 0 aromatic heterocycles. The van der Waals surface area contributed by atoms with Gasteiger partial charge in [0.25, 0.3) is 16.8 Å². The number of rotatable bonds is 5.